The summed E-state index contributed by atoms with van der Waals surface area (Å²) >= 11 is 0. The number of rotatable bonds is 4. The van der Waals surface area contributed by atoms with E-state index < -0.39 is 0 Å². The van der Waals surface area contributed by atoms with Gasteiger partial charge in [-0.05, 0) is 44.9 Å². The molecule has 116 valence electrons. The number of piperidine rings is 1. The van der Waals surface area contributed by atoms with E-state index in [0.29, 0.717) is 6.42 Å². The highest BCUT2D eigenvalue weighted by atomic mass is 16.5. The summed E-state index contributed by atoms with van der Waals surface area (Å²) in [7, 11) is 0. The Morgan fingerprint density at radius 3 is 2.91 bits per heavy atom. The molecule has 5 nitrogen and oxygen atoms in total. The maximum atomic E-state index is 12.0. The van der Waals surface area contributed by atoms with Crippen molar-refractivity contribution in [2.24, 2.45) is 0 Å². The highest BCUT2D eigenvalue weighted by Gasteiger charge is 2.20. The zero-order chi connectivity index (χ0) is 15.5. The number of aryl methyl sites for hydroxylation is 1. The van der Waals surface area contributed by atoms with Crippen LogP contribution in [0.25, 0.3) is 0 Å². The fourth-order valence-corrected chi connectivity index (χ4v) is 2.76. The summed E-state index contributed by atoms with van der Waals surface area (Å²) in [5, 5.41) is 7.44. The molecule has 0 bridgehead atoms. The van der Waals surface area contributed by atoms with Crippen LogP contribution in [0.15, 0.2) is 34.9 Å². The van der Waals surface area contributed by atoms with E-state index in [2.05, 4.69) is 10.5 Å². The Labute approximate surface area is 130 Å². The molecule has 1 N–H and O–H groups in total. The van der Waals surface area contributed by atoms with Crippen molar-refractivity contribution in [1.82, 2.24) is 5.16 Å². The standard InChI is InChI=1S/C17H21N3O2/c1-12-10-16(19-22-12)13(2)18-14-6-5-7-15(11-14)20-9-4-3-8-17(20)21/h5-7,10-11,13,18H,3-4,8-9H2,1-2H3. The van der Waals surface area contributed by atoms with Crippen molar-refractivity contribution >= 4 is 17.3 Å². The molecule has 5 heteroatoms. The molecule has 1 aliphatic rings. The number of hydrogen-bond donors (Lipinski definition) is 1. The van der Waals surface area contributed by atoms with Gasteiger partial charge in [0.05, 0.1) is 6.04 Å². The van der Waals surface area contributed by atoms with E-state index in [1.807, 2.05) is 49.1 Å². The van der Waals surface area contributed by atoms with E-state index in [4.69, 9.17) is 4.52 Å². The maximum absolute atomic E-state index is 12.0. The summed E-state index contributed by atoms with van der Waals surface area (Å²) in [4.78, 5) is 13.9. The summed E-state index contributed by atoms with van der Waals surface area (Å²) in [5.74, 6) is 1.01. The Bertz CT molecular complexity index is 665. The summed E-state index contributed by atoms with van der Waals surface area (Å²) < 4.78 is 5.11. The molecule has 0 saturated carbocycles. The highest BCUT2D eigenvalue weighted by molar-refractivity contribution is 5.94. The number of anilines is 2. The molecule has 1 amide bonds. The van der Waals surface area contributed by atoms with E-state index >= 15 is 0 Å². The van der Waals surface area contributed by atoms with Gasteiger partial charge in [0.1, 0.15) is 11.5 Å². The number of benzene rings is 1. The zero-order valence-electron chi connectivity index (χ0n) is 13.0. The van der Waals surface area contributed by atoms with Gasteiger partial charge < -0.3 is 14.7 Å². The molecule has 1 atom stereocenters. The van der Waals surface area contributed by atoms with Crippen LogP contribution in [-0.4, -0.2) is 17.6 Å². The molecule has 3 rings (SSSR count). The molecule has 0 spiro atoms. The number of carbonyl (C=O) groups is 1. The van der Waals surface area contributed by atoms with Gasteiger partial charge in [-0.15, -0.1) is 0 Å². The Morgan fingerprint density at radius 2 is 2.18 bits per heavy atom. The Balaban J connectivity index is 1.75. The van der Waals surface area contributed by atoms with Gasteiger partial charge in [-0.1, -0.05) is 11.2 Å². The number of amides is 1. The second-order valence-electron chi connectivity index (χ2n) is 5.78. The average Bonchev–Trinajstić information content (AvgIpc) is 2.95. The average molecular weight is 299 g/mol. The van der Waals surface area contributed by atoms with Crippen molar-refractivity contribution in [3.05, 3.63) is 41.8 Å². The molecule has 0 radical (unpaired) electrons. The number of nitrogens with zero attached hydrogens (tertiary/aromatic N) is 2. The minimum atomic E-state index is 0.0461. The fraction of sp³-hybridized carbons (Fsp3) is 0.412. The fourth-order valence-electron chi connectivity index (χ4n) is 2.76. The number of nitrogens with one attached hydrogen (secondary N) is 1. The first-order chi connectivity index (χ1) is 10.6. The molecule has 0 aliphatic carbocycles. The molecule has 1 fully saturated rings. The quantitative estimate of drug-likeness (QED) is 0.935. The van der Waals surface area contributed by atoms with Gasteiger partial charge >= 0.3 is 0 Å². The number of hydrogen-bond acceptors (Lipinski definition) is 4. The van der Waals surface area contributed by atoms with Crippen molar-refractivity contribution in [3.63, 3.8) is 0 Å². The molecular formula is C17H21N3O2. The first-order valence-electron chi connectivity index (χ1n) is 7.73. The molecule has 2 heterocycles. The highest BCUT2D eigenvalue weighted by Crippen LogP contribution is 2.26. The summed E-state index contributed by atoms with van der Waals surface area (Å²) in [5.41, 5.74) is 2.80. The third-order valence-electron chi connectivity index (χ3n) is 3.95. The predicted octanol–water partition coefficient (Wildman–Crippen LogP) is 3.67. The summed E-state index contributed by atoms with van der Waals surface area (Å²) in [6, 6.07) is 9.95. The molecule has 1 unspecified atom stereocenters. The van der Waals surface area contributed by atoms with Gasteiger partial charge in [0, 0.05) is 30.4 Å². The molecule has 1 saturated heterocycles. The molecule has 1 aliphatic heterocycles. The van der Waals surface area contributed by atoms with E-state index in [9.17, 15) is 4.79 Å². The van der Waals surface area contributed by atoms with Crippen molar-refractivity contribution in [2.75, 3.05) is 16.8 Å². The van der Waals surface area contributed by atoms with Crippen molar-refractivity contribution in [1.29, 1.82) is 0 Å². The molecule has 2 aromatic rings. The third kappa shape index (κ3) is 3.13. The Hall–Kier alpha value is -2.30. The second-order valence-corrected chi connectivity index (χ2v) is 5.78. The first-order valence-corrected chi connectivity index (χ1v) is 7.73. The predicted molar refractivity (Wildman–Crippen MR) is 85.9 cm³/mol. The van der Waals surface area contributed by atoms with Crippen LogP contribution in [0, 0.1) is 6.92 Å². The number of aromatic nitrogens is 1. The number of carbonyl (C=O) groups excluding carboxylic acids is 1. The van der Waals surface area contributed by atoms with E-state index in [1.54, 1.807) is 0 Å². The summed E-state index contributed by atoms with van der Waals surface area (Å²) in [6.07, 6.45) is 2.71. The van der Waals surface area contributed by atoms with Crippen LogP contribution in [0.5, 0.6) is 0 Å². The maximum Gasteiger partial charge on any atom is 0.226 e. The van der Waals surface area contributed by atoms with Gasteiger partial charge in [-0.3, -0.25) is 4.79 Å². The van der Waals surface area contributed by atoms with Crippen LogP contribution in [0.4, 0.5) is 11.4 Å². The Kier molecular flexibility index (Phi) is 4.13. The second kappa shape index (κ2) is 6.22. The third-order valence-corrected chi connectivity index (χ3v) is 3.95. The zero-order valence-corrected chi connectivity index (χ0v) is 13.0. The van der Waals surface area contributed by atoms with Crippen LogP contribution in [-0.2, 0) is 4.79 Å². The lowest BCUT2D eigenvalue weighted by Crippen LogP contribution is -2.35. The lowest BCUT2D eigenvalue weighted by Gasteiger charge is -2.27. The van der Waals surface area contributed by atoms with Crippen LogP contribution < -0.4 is 10.2 Å². The van der Waals surface area contributed by atoms with Gasteiger partial charge in [0.2, 0.25) is 5.91 Å². The van der Waals surface area contributed by atoms with Crippen molar-refractivity contribution in [2.45, 2.75) is 39.2 Å². The molecule has 1 aromatic carbocycles. The van der Waals surface area contributed by atoms with Gasteiger partial charge in [0.15, 0.2) is 0 Å². The Morgan fingerprint density at radius 1 is 1.32 bits per heavy atom. The summed E-state index contributed by atoms with van der Waals surface area (Å²) in [6.45, 7) is 4.72. The van der Waals surface area contributed by atoms with Crippen LogP contribution in [0.1, 0.15) is 43.7 Å². The molecule has 1 aromatic heterocycles. The van der Waals surface area contributed by atoms with Gasteiger partial charge in [-0.25, -0.2) is 0 Å². The van der Waals surface area contributed by atoms with Gasteiger partial charge in [-0.2, -0.15) is 0 Å². The molecule has 22 heavy (non-hydrogen) atoms. The van der Waals surface area contributed by atoms with E-state index in [0.717, 1.165) is 42.2 Å². The van der Waals surface area contributed by atoms with Crippen LogP contribution in [0.2, 0.25) is 0 Å². The lowest BCUT2D eigenvalue weighted by atomic mass is 10.1. The first kappa shape index (κ1) is 14.6. The van der Waals surface area contributed by atoms with Crippen LogP contribution >= 0.6 is 0 Å². The van der Waals surface area contributed by atoms with Crippen LogP contribution in [0.3, 0.4) is 0 Å². The minimum absolute atomic E-state index is 0.0461. The monoisotopic (exact) mass is 299 g/mol. The van der Waals surface area contributed by atoms with E-state index in [-0.39, 0.29) is 11.9 Å². The largest absolute Gasteiger partial charge is 0.377 e. The van der Waals surface area contributed by atoms with Gasteiger partial charge in [0.25, 0.3) is 0 Å². The lowest BCUT2D eigenvalue weighted by molar-refractivity contribution is -0.119. The molecular weight excluding hydrogens is 278 g/mol. The van der Waals surface area contributed by atoms with E-state index in [1.165, 1.54) is 0 Å². The van der Waals surface area contributed by atoms with Crippen molar-refractivity contribution in [3.8, 4) is 0 Å². The minimum Gasteiger partial charge on any atom is -0.377 e. The normalized spacial score (nSPS) is 16.6. The SMILES string of the molecule is Cc1cc(C(C)Nc2cccc(N3CCCCC3=O)c2)no1. The smallest absolute Gasteiger partial charge is 0.226 e. The van der Waals surface area contributed by atoms with Crippen molar-refractivity contribution < 1.29 is 9.32 Å². The topological polar surface area (TPSA) is 58.4 Å².